The van der Waals surface area contributed by atoms with Crippen LogP contribution in [0.15, 0.2) is 48.8 Å². The Bertz CT molecular complexity index is 1010. The predicted octanol–water partition coefficient (Wildman–Crippen LogP) is 2.32. The molecule has 1 atom stereocenters. The van der Waals surface area contributed by atoms with E-state index in [1.54, 1.807) is 4.90 Å². The monoisotopic (exact) mass is 349 g/mol. The van der Waals surface area contributed by atoms with Crippen molar-refractivity contribution in [2.75, 3.05) is 12.0 Å². The number of aromatic nitrogens is 2. The first kappa shape index (κ1) is 16.3. The van der Waals surface area contributed by atoms with Crippen LogP contribution in [0.3, 0.4) is 0 Å². The van der Waals surface area contributed by atoms with Crippen LogP contribution < -0.4 is 4.90 Å². The number of aryl methyl sites for hydroxylation is 1. The summed E-state index contributed by atoms with van der Waals surface area (Å²) in [5.41, 5.74) is 4.30. The van der Waals surface area contributed by atoms with Crippen molar-refractivity contribution in [3.63, 3.8) is 0 Å². The van der Waals surface area contributed by atoms with Crippen LogP contribution in [-0.2, 0) is 27.2 Å². The number of imidazole rings is 1. The number of methoxy groups -OCH3 is 1. The van der Waals surface area contributed by atoms with Gasteiger partial charge in [0.05, 0.1) is 19.2 Å². The highest BCUT2D eigenvalue weighted by Crippen LogP contribution is 2.33. The van der Waals surface area contributed by atoms with Gasteiger partial charge >= 0.3 is 5.97 Å². The van der Waals surface area contributed by atoms with Gasteiger partial charge in [-0.2, -0.15) is 0 Å². The number of rotatable bonds is 3. The Morgan fingerprint density at radius 3 is 2.81 bits per heavy atom. The van der Waals surface area contributed by atoms with Crippen molar-refractivity contribution < 1.29 is 14.3 Å². The largest absolute Gasteiger partial charge is 0.467 e. The molecular formula is C20H19N3O3. The minimum absolute atomic E-state index is 0.128. The molecule has 6 heteroatoms. The average Bonchev–Trinajstić information content (AvgIpc) is 3.22. The summed E-state index contributed by atoms with van der Waals surface area (Å²) in [4.78, 5) is 31.4. The molecule has 1 aromatic carbocycles. The lowest BCUT2D eigenvalue weighted by atomic mass is 10.1. The normalized spacial score (nSPS) is 15.9. The molecule has 0 bridgehead atoms. The van der Waals surface area contributed by atoms with E-state index in [1.165, 1.54) is 7.11 Å². The molecule has 1 aliphatic rings. The highest BCUT2D eigenvalue weighted by molar-refractivity contribution is 6.03. The number of esters is 1. The van der Waals surface area contributed by atoms with Gasteiger partial charge in [-0.05, 0) is 30.2 Å². The molecule has 0 N–H and O–H groups in total. The van der Waals surface area contributed by atoms with E-state index in [2.05, 4.69) is 4.98 Å². The number of hydrogen-bond acceptors (Lipinski definition) is 4. The zero-order valence-corrected chi connectivity index (χ0v) is 14.7. The summed E-state index contributed by atoms with van der Waals surface area (Å²) in [7, 11) is 1.35. The lowest BCUT2D eigenvalue weighted by Gasteiger charge is -2.23. The Morgan fingerprint density at radius 2 is 2.04 bits per heavy atom. The predicted molar refractivity (Wildman–Crippen MR) is 97.1 cm³/mol. The van der Waals surface area contributed by atoms with Gasteiger partial charge in [0.2, 0.25) is 5.91 Å². The first-order chi connectivity index (χ1) is 12.6. The highest BCUT2D eigenvalue weighted by atomic mass is 16.5. The van der Waals surface area contributed by atoms with Crippen LogP contribution >= 0.6 is 0 Å². The third-order valence-corrected chi connectivity index (χ3v) is 4.78. The summed E-state index contributed by atoms with van der Waals surface area (Å²) in [6.07, 6.45) is 4.36. The van der Waals surface area contributed by atoms with Gasteiger partial charge in [-0.3, -0.25) is 9.69 Å². The van der Waals surface area contributed by atoms with Crippen LogP contribution in [0.25, 0.3) is 5.65 Å². The van der Waals surface area contributed by atoms with Gasteiger partial charge < -0.3 is 9.14 Å². The summed E-state index contributed by atoms with van der Waals surface area (Å²) in [5.74, 6) is -0.563. The summed E-state index contributed by atoms with van der Waals surface area (Å²) in [6, 6.07) is 10.9. The molecule has 2 aromatic heterocycles. The standard InChI is InChI=1S/C20H19N3O3/c1-13-6-5-9-22-12-15(21-19(13)22)11-18(24)23-16-8-4-3-7-14(16)10-17(23)20(25)26-2/h3-9,12,17H,10-11H2,1-2H3/t17-/m0/s1. The maximum atomic E-state index is 13.0. The van der Waals surface area contributed by atoms with Crippen molar-refractivity contribution in [2.45, 2.75) is 25.8 Å². The first-order valence-electron chi connectivity index (χ1n) is 8.49. The third kappa shape index (κ3) is 2.63. The highest BCUT2D eigenvalue weighted by Gasteiger charge is 2.38. The molecule has 6 nitrogen and oxygen atoms in total. The lowest BCUT2D eigenvalue weighted by Crippen LogP contribution is -2.44. The van der Waals surface area contributed by atoms with E-state index in [-0.39, 0.29) is 12.3 Å². The molecule has 3 heterocycles. The summed E-state index contributed by atoms with van der Waals surface area (Å²) >= 11 is 0. The summed E-state index contributed by atoms with van der Waals surface area (Å²) < 4.78 is 6.82. The lowest BCUT2D eigenvalue weighted by molar-refractivity contribution is -0.143. The van der Waals surface area contributed by atoms with Gasteiger partial charge in [0.1, 0.15) is 11.7 Å². The number of carbonyl (C=O) groups is 2. The maximum Gasteiger partial charge on any atom is 0.329 e. The second-order valence-electron chi connectivity index (χ2n) is 6.47. The van der Waals surface area contributed by atoms with Crippen LogP contribution in [-0.4, -0.2) is 34.4 Å². The van der Waals surface area contributed by atoms with E-state index in [1.807, 2.05) is 60.1 Å². The molecular weight excluding hydrogens is 330 g/mol. The van der Waals surface area contributed by atoms with Crippen molar-refractivity contribution in [1.29, 1.82) is 0 Å². The van der Waals surface area contributed by atoms with Crippen LogP contribution in [0.1, 0.15) is 16.8 Å². The van der Waals surface area contributed by atoms with Crippen molar-refractivity contribution in [3.8, 4) is 0 Å². The molecule has 0 saturated carbocycles. The topological polar surface area (TPSA) is 63.9 Å². The fourth-order valence-electron chi connectivity index (χ4n) is 3.55. The van der Waals surface area contributed by atoms with Crippen molar-refractivity contribution in [2.24, 2.45) is 0 Å². The maximum absolute atomic E-state index is 13.0. The molecule has 0 fully saturated rings. The molecule has 0 saturated heterocycles. The fourth-order valence-corrected chi connectivity index (χ4v) is 3.55. The Hall–Kier alpha value is -3.15. The molecule has 0 spiro atoms. The average molecular weight is 349 g/mol. The number of benzene rings is 1. The summed E-state index contributed by atoms with van der Waals surface area (Å²) in [6.45, 7) is 1.98. The molecule has 1 aliphatic heterocycles. The Balaban J connectivity index is 1.66. The number of carbonyl (C=O) groups excluding carboxylic acids is 2. The van der Waals surface area contributed by atoms with Gasteiger partial charge in [-0.1, -0.05) is 24.3 Å². The molecule has 3 aromatic rings. The van der Waals surface area contributed by atoms with E-state index in [4.69, 9.17) is 4.74 Å². The van der Waals surface area contributed by atoms with Crippen molar-refractivity contribution in [1.82, 2.24) is 9.38 Å². The third-order valence-electron chi connectivity index (χ3n) is 4.78. The van der Waals surface area contributed by atoms with Gasteiger partial charge in [-0.25, -0.2) is 9.78 Å². The number of amides is 1. The smallest absolute Gasteiger partial charge is 0.329 e. The molecule has 4 rings (SSSR count). The fraction of sp³-hybridized carbons (Fsp3) is 0.250. The number of pyridine rings is 1. The molecule has 0 unspecified atom stereocenters. The number of ether oxygens (including phenoxy) is 1. The molecule has 1 amide bonds. The molecule has 0 radical (unpaired) electrons. The van der Waals surface area contributed by atoms with Gasteiger partial charge in [0.25, 0.3) is 0 Å². The van der Waals surface area contributed by atoms with Crippen LogP contribution in [0.5, 0.6) is 0 Å². The Kier molecular flexibility index (Phi) is 3.95. The van der Waals surface area contributed by atoms with E-state index in [0.29, 0.717) is 12.1 Å². The Morgan fingerprint density at radius 1 is 1.23 bits per heavy atom. The zero-order valence-electron chi connectivity index (χ0n) is 14.7. The van der Waals surface area contributed by atoms with Gasteiger partial charge in [-0.15, -0.1) is 0 Å². The summed E-state index contributed by atoms with van der Waals surface area (Å²) in [5, 5.41) is 0. The molecule has 132 valence electrons. The molecule has 26 heavy (non-hydrogen) atoms. The van der Waals surface area contributed by atoms with Crippen molar-refractivity contribution in [3.05, 3.63) is 65.6 Å². The molecule has 0 aliphatic carbocycles. The van der Waals surface area contributed by atoms with E-state index in [9.17, 15) is 9.59 Å². The van der Waals surface area contributed by atoms with Gasteiger partial charge in [0, 0.05) is 24.5 Å². The number of anilines is 1. The van der Waals surface area contributed by atoms with Gasteiger partial charge in [0.15, 0.2) is 0 Å². The second kappa shape index (κ2) is 6.29. The van der Waals surface area contributed by atoms with Crippen molar-refractivity contribution >= 4 is 23.2 Å². The van der Waals surface area contributed by atoms with E-state index < -0.39 is 12.0 Å². The zero-order chi connectivity index (χ0) is 18.3. The number of fused-ring (bicyclic) bond motifs is 2. The quantitative estimate of drug-likeness (QED) is 0.681. The minimum atomic E-state index is -0.622. The second-order valence-corrected chi connectivity index (χ2v) is 6.47. The van der Waals surface area contributed by atoms with Crippen LogP contribution in [0.2, 0.25) is 0 Å². The number of hydrogen-bond donors (Lipinski definition) is 0. The Labute approximate surface area is 151 Å². The number of para-hydroxylation sites is 1. The van der Waals surface area contributed by atoms with Crippen LogP contribution in [0.4, 0.5) is 5.69 Å². The van der Waals surface area contributed by atoms with E-state index >= 15 is 0 Å². The van der Waals surface area contributed by atoms with E-state index in [0.717, 1.165) is 22.5 Å². The van der Waals surface area contributed by atoms with Crippen LogP contribution in [0, 0.1) is 6.92 Å². The minimum Gasteiger partial charge on any atom is -0.467 e. The number of nitrogens with zero attached hydrogens (tertiary/aromatic N) is 3. The SMILES string of the molecule is COC(=O)[C@@H]1Cc2ccccc2N1C(=O)Cc1cn2cccc(C)c2n1. The first-order valence-corrected chi connectivity index (χ1v) is 8.49.